The second-order valence-corrected chi connectivity index (χ2v) is 5.85. The minimum absolute atomic E-state index is 0.112. The van der Waals surface area contributed by atoms with E-state index in [1.165, 1.54) is 0 Å². The Morgan fingerprint density at radius 2 is 1.80 bits per heavy atom. The highest BCUT2D eigenvalue weighted by Crippen LogP contribution is 2.29. The number of hydrogen-bond acceptors (Lipinski definition) is 5. The number of aryl methyl sites for hydroxylation is 2. The van der Waals surface area contributed by atoms with Crippen LogP contribution in [-0.4, -0.2) is 33.3 Å². The summed E-state index contributed by atoms with van der Waals surface area (Å²) in [5.74, 6) is 2.41. The first kappa shape index (κ1) is 17.0. The second-order valence-electron chi connectivity index (χ2n) is 5.85. The van der Waals surface area contributed by atoms with Gasteiger partial charge in [-0.15, -0.1) is 0 Å². The lowest BCUT2D eigenvalue weighted by molar-refractivity contribution is 0.392. The molecule has 2 heterocycles. The smallest absolute Gasteiger partial charge is 0.130 e. The van der Waals surface area contributed by atoms with Gasteiger partial charge in [-0.3, -0.25) is 5.32 Å². The lowest BCUT2D eigenvalue weighted by atomic mass is 10.0. The summed E-state index contributed by atoms with van der Waals surface area (Å²) in [6.07, 6.45) is 7.38. The van der Waals surface area contributed by atoms with Crippen LogP contribution in [-0.2, 0) is 20.6 Å². The van der Waals surface area contributed by atoms with Gasteiger partial charge in [-0.25, -0.2) is 9.97 Å². The van der Waals surface area contributed by atoms with Gasteiger partial charge in [0.25, 0.3) is 0 Å². The van der Waals surface area contributed by atoms with Crippen molar-refractivity contribution >= 4 is 0 Å². The van der Waals surface area contributed by atoms with Crippen LogP contribution in [0.5, 0.6) is 11.5 Å². The molecule has 132 valence electrons. The van der Waals surface area contributed by atoms with Crippen LogP contribution in [0.1, 0.15) is 23.1 Å². The zero-order chi connectivity index (χ0) is 17.8. The Hall–Kier alpha value is -2.80. The quantitative estimate of drug-likeness (QED) is 0.712. The highest BCUT2D eigenvalue weighted by molar-refractivity contribution is 5.41. The van der Waals surface area contributed by atoms with Crippen LogP contribution in [0.4, 0.5) is 0 Å². The molecule has 0 saturated carbocycles. The average Bonchev–Trinajstić information content (AvgIpc) is 3.23. The molecule has 2 aromatic heterocycles. The predicted molar refractivity (Wildman–Crippen MR) is 94.6 cm³/mol. The standard InChI is InChI=1S/C18H23N5O2/c1-22-6-5-20-18(22)17(21-11-14-10-19-12-23(14)2)13-7-15(24-3)9-16(8-13)25-4/h5-10,12,17,21H,11H2,1-4H3. The molecule has 0 amide bonds. The number of ether oxygens (including phenoxy) is 2. The maximum atomic E-state index is 5.42. The highest BCUT2D eigenvalue weighted by Gasteiger charge is 2.20. The molecule has 7 heteroatoms. The Labute approximate surface area is 147 Å². The van der Waals surface area contributed by atoms with Crippen molar-refractivity contribution < 1.29 is 9.47 Å². The van der Waals surface area contributed by atoms with Gasteiger partial charge in [0, 0.05) is 45.3 Å². The topological polar surface area (TPSA) is 66.1 Å². The number of aromatic nitrogens is 4. The molecule has 0 spiro atoms. The lowest BCUT2D eigenvalue weighted by Gasteiger charge is -2.20. The van der Waals surface area contributed by atoms with Crippen molar-refractivity contribution in [2.24, 2.45) is 14.1 Å². The number of benzene rings is 1. The molecule has 1 atom stereocenters. The number of nitrogens with one attached hydrogen (secondary N) is 1. The molecule has 0 aliphatic rings. The first-order chi connectivity index (χ1) is 12.1. The molecule has 0 fully saturated rings. The van der Waals surface area contributed by atoms with E-state index >= 15 is 0 Å². The molecule has 25 heavy (non-hydrogen) atoms. The van der Waals surface area contributed by atoms with Gasteiger partial charge in [-0.05, 0) is 17.7 Å². The van der Waals surface area contributed by atoms with E-state index in [1.54, 1.807) is 26.7 Å². The monoisotopic (exact) mass is 341 g/mol. The summed E-state index contributed by atoms with van der Waals surface area (Å²) in [5.41, 5.74) is 2.11. The fraction of sp³-hybridized carbons (Fsp3) is 0.333. The Kier molecular flexibility index (Phi) is 5.04. The normalized spacial score (nSPS) is 12.2. The minimum atomic E-state index is -0.112. The van der Waals surface area contributed by atoms with Crippen LogP contribution in [0.2, 0.25) is 0 Å². The predicted octanol–water partition coefficient (Wildman–Crippen LogP) is 2.05. The summed E-state index contributed by atoms with van der Waals surface area (Å²) in [4.78, 5) is 8.69. The van der Waals surface area contributed by atoms with E-state index in [-0.39, 0.29) is 6.04 Å². The van der Waals surface area contributed by atoms with E-state index < -0.39 is 0 Å². The summed E-state index contributed by atoms with van der Waals surface area (Å²) in [6, 6.07) is 5.75. The Morgan fingerprint density at radius 1 is 1.08 bits per heavy atom. The molecule has 1 unspecified atom stereocenters. The average molecular weight is 341 g/mol. The molecular formula is C18H23N5O2. The van der Waals surface area contributed by atoms with Crippen LogP contribution in [0, 0.1) is 0 Å². The third-order valence-corrected chi connectivity index (χ3v) is 4.23. The van der Waals surface area contributed by atoms with Crippen LogP contribution in [0.3, 0.4) is 0 Å². The molecular weight excluding hydrogens is 318 g/mol. The first-order valence-electron chi connectivity index (χ1n) is 8.01. The van der Waals surface area contributed by atoms with Crippen molar-refractivity contribution in [1.29, 1.82) is 0 Å². The van der Waals surface area contributed by atoms with Crippen molar-refractivity contribution in [3.63, 3.8) is 0 Å². The van der Waals surface area contributed by atoms with E-state index in [2.05, 4.69) is 15.3 Å². The van der Waals surface area contributed by atoms with Gasteiger partial charge in [-0.2, -0.15) is 0 Å². The molecule has 0 radical (unpaired) electrons. The van der Waals surface area contributed by atoms with Crippen molar-refractivity contribution in [2.45, 2.75) is 12.6 Å². The van der Waals surface area contributed by atoms with Crippen molar-refractivity contribution in [3.8, 4) is 11.5 Å². The summed E-state index contributed by atoms with van der Waals surface area (Å²) < 4.78 is 14.8. The van der Waals surface area contributed by atoms with Crippen LogP contribution in [0.25, 0.3) is 0 Å². The third-order valence-electron chi connectivity index (χ3n) is 4.23. The zero-order valence-corrected chi connectivity index (χ0v) is 14.9. The third kappa shape index (κ3) is 3.66. The Morgan fingerprint density at radius 3 is 2.32 bits per heavy atom. The molecule has 7 nitrogen and oxygen atoms in total. The van der Waals surface area contributed by atoms with E-state index in [0.29, 0.717) is 6.54 Å². The van der Waals surface area contributed by atoms with Gasteiger partial charge in [-0.1, -0.05) is 0 Å². The number of methoxy groups -OCH3 is 2. The van der Waals surface area contributed by atoms with Crippen LogP contribution >= 0.6 is 0 Å². The van der Waals surface area contributed by atoms with Gasteiger partial charge >= 0.3 is 0 Å². The van der Waals surface area contributed by atoms with E-state index in [9.17, 15) is 0 Å². The number of rotatable bonds is 7. The zero-order valence-electron chi connectivity index (χ0n) is 14.9. The molecule has 0 saturated heterocycles. The summed E-state index contributed by atoms with van der Waals surface area (Å²) in [5, 5.41) is 3.57. The van der Waals surface area contributed by atoms with Crippen LogP contribution in [0.15, 0.2) is 43.1 Å². The fourth-order valence-corrected chi connectivity index (χ4v) is 2.77. The maximum absolute atomic E-state index is 5.42. The summed E-state index contributed by atoms with van der Waals surface area (Å²) in [7, 11) is 7.27. The molecule has 1 N–H and O–H groups in total. The molecule has 1 aromatic carbocycles. The van der Waals surface area contributed by atoms with Crippen molar-refractivity contribution in [3.05, 3.63) is 60.2 Å². The van der Waals surface area contributed by atoms with Crippen molar-refractivity contribution in [1.82, 2.24) is 24.4 Å². The number of nitrogens with zero attached hydrogens (tertiary/aromatic N) is 4. The minimum Gasteiger partial charge on any atom is -0.497 e. The summed E-state index contributed by atoms with van der Waals surface area (Å²) in [6.45, 7) is 0.660. The van der Waals surface area contributed by atoms with Gasteiger partial charge in [0.05, 0.1) is 32.3 Å². The molecule has 3 aromatic rings. The number of imidazole rings is 2. The van der Waals surface area contributed by atoms with Gasteiger partial charge < -0.3 is 18.6 Å². The molecule has 3 rings (SSSR count). The number of hydrogen-bond donors (Lipinski definition) is 1. The van der Waals surface area contributed by atoms with E-state index in [4.69, 9.17) is 9.47 Å². The Bertz CT molecular complexity index is 817. The molecule has 0 aliphatic carbocycles. The van der Waals surface area contributed by atoms with Crippen molar-refractivity contribution in [2.75, 3.05) is 14.2 Å². The first-order valence-corrected chi connectivity index (χ1v) is 8.01. The van der Waals surface area contributed by atoms with Gasteiger partial charge in [0.15, 0.2) is 0 Å². The van der Waals surface area contributed by atoms with Crippen LogP contribution < -0.4 is 14.8 Å². The maximum Gasteiger partial charge on any atom is 0.130 e. The lowest BCUT2D eigenvalue weighted by Crippen LogP contribution is -2.25. The van der Waals surface area contributed by atoms with E-state index in [0.717, 1.165) is 28.6 Å². The molecule has 0 bridgehead atoms. The molecule has 0 aliphatic heterocycles. The van der Waals surface area contributed by atoms with Gasteiger partial charge in [0.2, 0.25) is 0 Å². The largest absolute Gasteiger partial charge is 0.497 e. The fourth-order valence-electron chi connectivity index (χ4n) is 2.77. The summed E-state index contributed by atoms with van der Waals surface area (Å²) >= 11 is 0. The highest BCUT2D eigenvalue weighted by atomic mass is 16.5. The van der Waals surface area contributed by atoms with E-state index in [1.807, 2.05) is 53.8 Å². The second kappa shape index (κ2) is 7.40. The van der Waals surface area contributed by atoms with Gasteiger partial charge in [0.1, 0.15) is 17.3 Å². The Balaban J connectivity index is 1.96. The SMILES string of the molecule is COc1cc(OC)cc(C(NCc2cncn2C)c2nccn2C)c1.